The first-order valence-electron chi connectivity index (χ1n) is 10.3. The van der Waals surface area contributed by atoms with Crippen molar-refractivity contribution in [3.05, 3.63) is 22.8 Å². The van der Waals surface area contributed by atoms with Crippen molar-refractivity contribution < 1.29 is 5.11 Å². The summed E-state index contributed by atoms with van der Waals surface area (Å²) < 4.78 is 0. The minimum Gasteiger partial charge on any atom is -0.507 e. The first-order chi connectivity index (χ1) is 11.9. The average Bonchev–Trinajstić information content (AvgIpc) is 2.62. The Hall–Kier alpha value is -0.413. The van der Waals surface area contributed by atoms with Crippen LogP contribution in [-0.4, -0.2) is 18.6 Å². The molecule has 1 rings (SSSR count). The second-order valence-electron chi connectivity index (χ2n) is 7.89. The molecule has 0 aliphatic heterocycles. The molecule has 1 aromatic rings. The van der Waals surface area contributed by atoms with Crippen LogP contribution in [-0.2, 0) is 0 Å². The second kappa shape index (κ2) is 11.3. The molecule has 3 heteroatoms. The van der Waals surface area contributed by atoms with Crippen molar-refractivity contribution in [3.8, 4) is 5.75 Å². The third-order valence-electron chi connectivity index (χ3n) is 5.72. The van der Waals surface area contributed by atoms with Crippen molar-refractivity contribution in [2.24, 2.45) is 0 Å². The van der Waals surface area contributed by atoms with Gasteiger partial charge in [-0.05, 0) is 48.9 Å². The average molecular weight is 381 g/mol. The van der Waals surface area contributed by atoms with Crippen LogP contribution in [0, 0.1) is 20.8 Å². The van der Waals surface area contributed by atoms with Crippen LogP contribution in [0.4, 0.5) is 0 Å². The Morgan fingerprint density at radius 2 is 1.32 bits per heavy atom. The van der Waals surface area contributed by atoms with Crippen LogP contribution < -0.4 is 0 Å². The molecule has 1 N–H and O–H groups in total. The van der Waals surface area contributed by atoms with E-state index >= 15 is 0 Å². The number of hydrogen-bond acceptors (Lipinski definition) is 2. The van der Waals surface area contributed by atoms with E-state index < -0.39 is 8.07 Å². The molecule has 0 radical (unpaired) electrons. The monoisotopic (exact) mass is 380 g/mol. The SMILES string of the molecule is CCCC[Si](CCCC)(CCCC)CSc1cc(C)c(O)c(C)c1C. The van der Waals surface area contributed by atoms with E-state index in [1.54, 1.807) is 0 Å². The zero-order chi connectivity index (χ0) is 18.9. The Bertz CT molecular complexity index is 505. The topological polar surface area (TPSA) is 20.2 Å². The van der Waals surface area contributed by atoms with Gasteiger partial charge in [0.25, 0.3) is 0 Å². The van der Waals surface area contributed by atoms with E-state index in [4.69, 9.17) is 0 Å². The van der Waals surface area contributed by atoms with Gasteiger partial charge in [-0.15, -0.1) is 11.8 Å². The molecule has 0 aliphatic rings. The molecule has 0 atom stereocenters. The summed E-state index contributed by atoms with van der Waals surface area (Å²) in [4.78, 5) is 1.40. The van der Waals surface area contributed by atoms with Gasteiger partial charge in [0.2, 0.25) is 0 Å². The number of unbranched alkanes of at least 4 members (excludes halogenated alkanes) is 3. The van der Waals surface area contributed by atoms with Gasteiger partial charge in [-0.25, -0.2) is 0 Å². The lowest BCUT2D eigenvalue weighted by molar-refractivity contribution is 0.465. The molecule has 0 fully saturated rings. The minimum atomic E-state index is -1.21. The fraction of sp³-hybridized carbons (Fsp3) is 0.727. The van der Waals surface area contributed by atoms with E-state index in [-0.39, 0.29) is 0 Å². The number of rotatable bonds is 12. The van der Waals surface area contributed by atoms with Gasteiger partial charge in [-0.1, -0.05) is 77.4 Å². The van der Waals surface area contributed by atoms with Crippen molar-refractivity contribution in [3.63, 3.8) is 0 Å². The largest absolute Gasteiger partial charge is 0.507 e. The lowest BCUT2D eigenvalue weighted by Crippen LogP contribution is -2.37. The maximum absolute atomic E-state index is 10.2. The Labute approximate surface area is 162 Å². The van der Waals surface area contributed by atoms with Gasteiger partial charge in [-0.3, -0.25) is 0 Å². The van der Waals surface area contributed by atoms with Crippen LogP contribution in [0.15, 0.2) is 11.0 Å². The maximum atomic E-state index is 10.2. The highest BCUT2D eigenvalue weighted by Gasteiger charge is 2.31. The maximum Gasteiger partial charge on any atom is 0.121 e. The Morgan fingerprint density at radius 3 is 1.76 bits per heavy atom. The standard InChI is InChI=1S/C22H40OSSi/c1-7-10-13-25(14-11-8-2,15-12-9-3)17-24-21-16-18(4)22(23)20(6)19(21)5/h16,23H,7-15,17H2,1-6H3. The van der Waals surface area contributed by atoms with E-state index in [2.05, 4.69) is 52.4 Å². The van der Waals surface area contributed by atoms with E-state index in [0.717, 1.165) is 11.1 Å². The summed E-state index contributed by atoms with van der Waals surface area (Å²) in [6.45, 7) is 13.3. The zero-order valence-electron chi connectivity index (χ0n) is 17.5. The summed E-state index contributed by atoms with van der Waals surface area (Å²) in [7, 11) is -1.21. The predicted octanol–water partition coefficient (Wildman–Crippen LogP) is 7.80. The molecule has 1 aromatic carbocycles. The highest BCUT2D eigenvalue weighted by Crippen LogP contribution is 2.38. The van der Waals surface area contributed by atoms with Crippen molar-refractivity contribution in [1.82, 2.24) is 0 Å². The zero-order valence-corrected chi connectivity index (χ0v) is 19.3. The molecule has 0 bridgehead atoms. The fourth-order valence-electron chi connectivity index (χ4n) is 3.66. The van der Waals surface area contributed by atoms with Crippen molar-refractivity contribution in [1.29, 1.82) is 0 Å². The van der Waals surface area contributed by atoms with Crippen LogP contribution in [0.25, 0.3) is 0 Å². The van der Waals surface area contributed by atoms with Gasteiger partial charge in [0.1, 0.15) is 5.75 Å². The Kier molecular flexibility index (Phi) is 10.3. The quantitative estimate of drug-likeness (QED) is 0.295. The number of aryl methyl sites for hydroxylation is 1. The van der Waals surface area contributed by atoms with Gasteiger partial charge in [0.15, 0.2) is 0 Å². The third kappa shape index (κ3) is 6.67. The molecule has 0 heterocycles. The van der Waals surface area contributed by atoms with Gasteiger partial charge >= 0.3 is 0 Å². The number of hydrogen-bond donors (Lipinski definition) is 1. The molecular formula is C22H40OSSi. The Balaban J connectivity index is 2.99. The molecule has 0 saturated carbocycles. The van der Waals surface area contributed by atoms with Crippen LogP contribution in [0.1, 0.15) is 76.0 Å². The summed E-state index contributed by atoms with van der Waals surface area (Å²) in [5.74, 6) is 0.480. The molecule has 0 aliphatic carbocycles. The van der Waals surface area contributed by atoms with E-state index in [1.807, 2.05) is 6.92 Å². The van der Waals surface area contributed by atoms with E-state index in [9.17, 15) is 5.11 Å². The molecule has 0 spiro atoms. The molecule has 0 amide bonds. The summed E-state index contributed by atoms with van der Waals surface area (Å²) in [6, 6.07) is 6.73. The molecule has 25 heavy (non-hydrogen) atoms. The lowest BCUT2D eigenvalue weighted by Gasteiger charge is -2.32. The second-order valence-corrected chi connectivity index (χ2v) is 14.3. The highest BCUT2D eigenvalue weighted by molar-refractivity contribution is 8.01. The van der Waals surface area contributed by atoms with Crippen molar-refractivity contribution in [2.75, 3.05) is 5.38 Å². The van der Waals surface area contributed by atoms with Crippen molar-refractivity contribution >= 4 is 19.8 Å². The first kappa shape index (κ1) is 22.6. The first-order valence-corrected chi connectivity index (χ1v) is 14.1. The summed E-state index contributed by atoms with van der Waals surface area (Å²) in [5, 5.41) is 11.5. The highest BCUT2D eigenvalue weighted by atomic mass is 32.2. The molecule has 0 unspecified atom stereocenters. The lowest BCUT2D eigenvalue weighted by atomic mass is 10.1. The smallest absolute Gasteiger partial charge is 0.121 e. The normalized spacial score (nSPS) is 11.9. The molecule has 0 saturated heterocycles. The minimum absolute atomic E-state index is 0.480. The number of benzene rings is 1. The summed E-state index contributed by atoms with van der Waals surface area (Å²) in [5.41, 5.74) is 3.36. The van der Waals surface area contributed by atoms with Crippen LogP contribution >= 0.6 is 11.8 Å². The van der Waals surface area contributed by atoms with Gasteiger partial charge < -0.3 is 5.11 Å². The van der Waals surface area contributed by atoms with Gasteiger partial charge in [-0.2, -0.15) is 0 Å². The summed E-state index contributed by atoms with van der Waals surface area (Å²) >= 11 is 2.09. The van der Waals surface area contributed by atoms with E-state index in [1.165, 1.54) is 72.5 Å². The predicted molar refractivity (Wildman–Crippen MR) is 118 cm³/mol. The third-order valence-corrected chi connectivity index (χ3v) is 13.7. The number of phenols is 1. The molecular weight excluding hydrogens is 340 g/mol. The Morgan fingerprint density at radius 1 is 0.840 bits per heavy atom. The molecule has 1 nitrogen and oxygen atoms in total. The van der Waals surface area contributed by atoms with Crippen molar-refractivity contribution in [2.45, 2.75) is 103 Å². The fourth-order valence-corrected chi connectivity index (χ4v) is 11.9. The molecule has 144 valence electrons. The van der Waals surface area contributed by atoms with Crippen LogP contribution in [0.3, 0.4) is 0 Å². The van der Waals surface area contributed by atoms with Crippen LogP contribution in [0.2, 0.25) is 18.1 Å². The van der Waals surface area contributed by atoms with Crippen LogP contribution in [0.5, 0.6) is 5.75 Å². The number of aromatic hydroxyl groups is 1. The number of thioether (sulfide) groups is 1. The van der Waals surface area contributed by atoms with E-state index in [0.29, 0.717) is 5.75 Å². The van der Waals surface area contributed by atoms with Gasteiger partial charge in [0.05, 0.1) is 8.07 Å². The number of phenolic OH excluding ortho intramolecular Hbond substituents is 1. The van der Waals surface area contributed by atoms with Gasteiger partial charge in [0, 0.05) is 4.90 Å². The summed E-state index contributed by atoms with van der Waals surface area (Å²) in [6.07, 6.45) is 8.21. The molecule has 0 aromatic heterocycles.